The number of nitrogens with zero attached hydrogens (tertiary/aromatic N) is 1. The molecule has 0 aromatic heterocycles. The zero-order chi connectivity index (χ0) is 15.1. The van der Waals surface area contributed by atoms with E-state index in [9.17, 15) is 20.0 Å². The molecule has 2 rings (SSSR count). The van der Waals surface area contributed by atoms with Gasteiger partial charge in [0, 0.05) is 18.8 Å². The van der Waals surface area contributed by atoms with E-state index in [1.54, 1.807) is 0 Å². The molecule has 0 amide bonds. The minimum absolute atomic E-state index is 0.0433. The number of rotatable bonds is 1. The lowest BCUT2D eigenvalue weighted by Gasteiger charge is -2.46. The summed E-state index contributed by atoms with van der Waals surface area (Å²) in [5.41, 5.74) is -1.37. The average Bonchev–Trinajstić information content (AvgIpc) is 2.37. The Balaban J connectivity index is 2.57. The maximum atomic E-state index is 12.5. The number of ketones is 1. The van der Waals surface area contributed by atoms with E-state index >= 15 is 0 Å². The number of allylic oxidation sites excluding steroid dienone is 1. The van der Waals surface area contributed by atoms with Gasteiger partial charge in [0.15, 0.2) is 5.78 Å². The molecule has 0 heterocycles. The number of hydrogen-bond acceptors (Lipinski definition) is 5. The van der Waals surface area contributed by atoms with Crippen molar-refractivity contribution in [2.75, 3.05) is 7.11 Å². The summed E-state index contributed by atoms with van der Waals surface area (Å²) in [6.07, 6.45) is 1.28. The molecule has 0 aromatic carbocycles. The number of nitriles is 1. The van der Waals surface area contributed by atoms with Crippen molar-refractivity contribution in [2.24, 2.45) is 16.7 Å². The number of methoxy groups -OCH3 is 1. The summed E-state index contributed by atoms with van der Waals surface area (Å²) in [5, 5.41) is 19.6. The molecule has 0 radical (unpaired) electrons. The summed E-state index contributed by atoms with van der Waals surface area (Å²) in [6.45, 7) is 3.87. The minimum atomic E-state index is -1.19. The van der Waals surface area contributed by atoms with Crippen molar-refractivity contribution in [3.63, 3.8) is 0 Å². The second-order valence-corrected chi connectivity index (χ2v) is 6.46. The Morgan fingerprint density at radius 2 is 2.15 bits per heavy atom. The number of Topliss-reactive ketones (excluding diaryl/α,β-unsaturated/α-hetero) is 1. The number of carbonyl (C=O) groups is 2. The summed E-state index contributed by atoms with van der Waals surface area (Å²) in [4.78, 5) is 24.4. The highest BCUT2D eigenvalue weighted by Gasteiger charge is 2.57. The molecule has 108 valence electrons. The molecule has 0 aromatic rings. The fraction of sp³-hybridized carbons (Fsp3) is 0.667. The molecule has 2 atom stereocenters. The van der Waals surface area contributed by atoms with Gasteiger partial charge in [0.25, 0.3) is 0 Å². The maximum absolute atomic E-state index is 12.5. The SMILES string of the molecule is COC(=O)C1=C(O)CC[C@]2(C#N)C(=O)CC(C)(C)C[C@H]12. The minimum Gasteiger partial charge on any atom is -0.512 e. The lowest BCUT2D eigenvalue weighted by atomic mass is 9.53. The number of esters is 1. The highest BCUT2D eigenvalue weighted by atomic mass is 16.5. The van der Waals surface area contributed by atoms with Gasteiger partial charge in [0.05, 0.1) is 18.8 Å². The van der Waals surface area contributed by atoms with Crippen molar-refractivity contribution in [3.8, 4) is 6.07 Å². The fourth-order valence-corrected chi connectivity index (χ4v) is 3.47. The predicted molar refractivity (Wildman–Crippen MR) is 70.5 cm³/mol. The van der Waals surface area contributed by atoms with Gasteiger partial charge in [-0.05, 0) is 18.3 Å². The summed E-state index contributed by atoms with van der Waals surface area (Å²) in [6, 6.07) is 2.13. The first kappa shape index (κ1) is 14.6. The lowest BCUT2D eigenvalue weighted by molar-refractivity contribution is -0.141. The smallest absolute Gasteiger partial charge is 0.337 e. The van der Waals surface area contributed by atoms with Crippen LogP contribution in [0.4, 0.5) is 0 Å². The number of carbonyl (C=O) groups excluding carboxylic acids is 2. The molecule has 20 heavy (non-hydrogen) atoms. The van der Waals surface area contributed by atoms with E-state index in [0.29, 0.717) is 12.8 Å². The van der Waals surface area contributed by atoms with Gasteiger partial charge in [0.2, 0.25) is 0 Å². The molecule has 5 nitrogen and oxygen atoms in total. The van der Waals surface area contributed by atoms with E-state index in [4.69, 9.17) is 4.74 Å². The lowest BCUT2D eigenvalue weighted by Crippen LogP contribution is -2.50. The molecule has 1 fully saturated rings. The molecule has 0 unspecified atom stereocenters. The van der Waals surface area contributed by atoms with Gasteiger partial charge in [-0.25, -0.2) is 4.79 Å². The third-order valence-electron chi connectivity index (χ3n) is 4.51. The van der Waals surface area contributed by atoms with Crippen molar-refractivity contribution in [2.45, 2.75) is 39.5 Å². The second-order valence-electron chi connectivity index (χ2n) is 6.46. The number of aliphatic hydroxyl groups is 1. The Labute approximate surface area is 118 Å². The van der Waals surface area contributed by atoms with Gasteiger partial charge in [-0.3, -0.25) is 4.79 Å². The first-order chi connectivity index (χ1) is 9.27. The quantitative estimate of drug-likeness (QED) is 0.743. The molecule has 1 saturated carbocycles. The van der Waals surface area contributed by atoms with Crippen LogP contribution in [0.25, 0.3) is 0 Å². The van der Waals surface area contributed by atoms with Crippen molar-refractivity contribution in [3.05, 3.63) is 11.3 Å². The highest BCUT2D eigenvalue weighted by Crippen LogP contribution is 2.54. The van der Waals surface area contributed by atoms with Gasteiger partial charge >= 0.3 is 5.97 Å². The number of fused-ring (bicyclic) bond motifs is 1. The highest BCUT2D eigenvalue weighted by molar-refractivity contribution is 5.96. The molecular formula is C15H19NO4. The Bertz CT molecular complexity index is 541. The van der Waals surface area contributed by atoms with Crippen LogP contribution >= 0.6 is 0 Å². The second kappa shape index (κ2) is 4.62. The van der Waals surface area contributed by atoms with Crippen LogP contribution in [0.5, 0.6) is 0 Å². The summed E-state index contributed by atoms with van der Waals surface area (Å²) in [5.74, 6) is -1.39. The largest absolute Gasteiger partial charge is 0.512 e. The van der Waals surface area contributed by atoms with Crippen molar-refractivity contribution in [1.29, 1.82) is 5.26 Å². The van der Waals surface area contributed by atoms with Crippen LogP contribution in [0.1, 0.15) is 39.5 Å². The molecule has 0 bridgehead atoms. The van der Waals surface area contributed by atoms with Gasteiger partial charge in [-0.1, -0.05) is 13.8 Å². The Morgan fingerprint density at radius 1 is 1.50 bits per heavy atom. The number of hydrogen-bond donors (Lipinski definition) is 1. The van der Waals surface area contributed by atoms with E-state index in [-0.39, 0.29) is 35.4 Å². The Kier molecular flexibility index (Phi) is 3.37. The fourth-order valence-electron chi connectivity index (χ4n) is 3.47. The first-order valence-corrected chi connectivity index (χ1v) is 6.72. The molecule has 2 aliphatic carbocycles. The molecule has 0 aliphatic heterocycles. The molecule has 2 aliphatic rings. The topological polar surface area (TPSA) is 87.4 Å². The molecule has 0 spiro atoms. The van der Waals surface area contributed by atoms with Gasteiger partial charge in [-0.2, -0.15) is 5.26 Å². The average molecular weight is 277 g/mol. The maximum Gasteiger partial charge on any atom is 0.337 e. The van der Waals surface area contributed by atoms with Crippen LogP contribution in [0.15, 0.2) is 11.3 Å². The third kappa shape index (κ3) is 2.00. The van der Waals surface area contributed by atoms with Crippen molar-refractivity contribution >= 4 is 11.8 Å². The van der Waals surface area contributed by atoms with Crippen LogP contribution in [0.2, 0.25) is 0 Å². The zero-order valence-electron chi connectivity index (χ0n) is 12.0. The molecule has 1 N–H and O–H groups in total. The summed E-state index contributed by atoms with van der Waals surface area (Å²) < 4.78 is 4.72. The Morgan fingerprint density at radius 3 is 2.70 bits per heavy atom. The van der Waals surface area contributed by atoms with E-state index in [2.05, 4.69) is 6.07 Å². The van der Waals surface area contributed by atoms with Crippen LogP contribution < -0.4 is 0 Å². The monoisotopic (exact) mass is 277 g/mol. The van der Waals surface area contributed by atoms with Crippen molar-refractivity contribution in [1.82, 2.24) is 0 Å². The third-order valence-corrected chi connectivity index (χ3v) is 4.51. The van der Waals surface area contributed by atoms with Crippen molar-refractivity contribution < 1.29 is 19.4 Å². The van der Waals surface area contributed by atoms with E-state index in [1.807, 2.05) is 13.8 Å². The van der Waals surface area contributed by atoms with Gasteiger partial charge in [-0.15, -0.1) is 0 Å². The number of aliphatic hydroxyl groups excluding tert-OH is 1. The number of ether oxygens (including phenoxy) is 1. The predicted octanol–water partition coefficient (Wildman–Crippen LogP) is 2.28. The normalized spacial score (nSPS) is 32.3. The van der Waals surface area contributed by atoms with Gasteiger partial charge < -0.3 is 9.84 Å². The van der Waals surface area contributed by atoms with Gasteiger partial charge in [0.1, 0.15) is 11.2 Å². The summed E-state index contributed by atoms with van der Waals surface area (Å²) >= 11 is 0. The summed E-state index contributed by atoms with van der Waals surface area (Å²) in [7, 11) is 1.24. The van der Waals surface area contributed by atoms with Crippen LogP contribution in [0, 0.1) is 28.1 Å². The molecular weight excluding hydrogens is 258 g/mol. The van der Waals surface area contributed by atoms with E-state index in [1.165, 1.54) is 7.11 Å². The molecule has 5 heteroatoms. The first-order valence-electron chi connectivity index (χ1n) is 6.72. The van der Waals surface area contributed by atoms with E-state index in [0.717, 1.165) is 0 Å². The Hall–Kier alpha value is -1.83. The van der Waals surface area contributed by atoms with Crippen LogP contribution in [0.3, 0.4) is 0 Å². The standard InChI is InChI=1S/C15H19NO4/c1-14(2)6-9-12(13(19)20-3)10(17)4-5-15(9,8-16)11(18)7-14/h9,17H,4-7H2,1-3H3/t9-,15-/m1/s1. The van der Waals surface area contributed by atoms with E-state index < -0.39 is 17.3 Å². The van der Waals surface area contributed by atoms with Crippen LogP contribution in [-0.4, -0.2) is 24.0 Å². The zero-order valence-corrected chi connectivity index (χ0v) is 12.0. The van der Waals surface area contributed by atoms with Crippen LogP contribution in [-0.2, 0) is 14.3 Å². The molecule has 0 saturated heterocycles.